The van der Waals surface area contributed by atoms with Crippen LogP contribution in [0.3, 0.4) is 0 Å². The van der Waals surface area contributed by atoms with Gasteiger partial charge >= 0.3 is 7.12 Å². The predicted octanol–water partition coefficient (Wildman–Crippen LogP) is 1.95. The molecular weight excluding hydrogens is 675 g/mol. The van der Waals surface area contributed by atoms with E-state index in [2.05, 4.69) is 41.7 Å². The first-order valence-electron chi connectivity index (χ1n) is 19.4. The number of benzene rings is 1. The van der Waals surface area contributed by atoms with Crippen LogP contribution in [0.15, 0.2) is 29.3 Å². The van der Waals surface area contributed by atoms with Crippen LogP contribution in [-0.2, 0) is 30.2 Å². The van der Waals surface area contributed by atoms with Crippen LogP contribution in [0.1, 0.15) is 101 Å². The van der Waals surface area contributed by atoms with E-state index in [0.29, 0.717) is 81.6 Å². The number of unbranched alkanes of at least 4 members (excludes halogenated alkanes) is 1. The average molecular weight is 737 g/mol. The monoisotopic (exact) mass is 736 g/mol. The van der Waals surface area contributed by atoms with E-state index in [1.807, 2.05) is 19.0 Å². The van der Waals surface area contributed by atoms with Gasteiger partial charge in [0, 0.05) is 52.3 Å². The predicted molar refractivity (Wildman–Crippen MR) is 204 cm³/mol. The fourth-order valence-electron chi connectivity index (χ4n) is 8.60. The zero-order valence-corrected chi connectivity index (χ0v) is 32.5. The molecule has 14 nitrogen and oxygen atoms in total. The first-order valence-corrected chi connectivity index (χ1v) is 19.4. The Morgan fingerprint density at radius 2 is 1.81 bits per heavy atom. The molecule has 1 unspecified atom stereocenters. The first kappa shape index (κ1) is 40.5. The third kappa shape index (κ3) is 9.34. The molecule has 5 fully saturated rings. The quantitative estimate of drug-likeness (QED) is 0.0730. The van der Waals surface area contributed by atoms with Gasteiger partial charge in [0.05, 0.1) is 23.7 Å². The van der Waals surface area contributed by atoms with E-state index in [4.69, 9.17) is 20.8 Å². The number of likely N-dealkylation sites (tertiary alicyclic amines) is 1. The van der Waals surface area contributed by atoms with Crippen LogP contribution in [0.2, 0.25) is 0 Å². The summed E-state index contributed by atoms with van der Waals surface area (Å²) in [7, 11) is 3.18. The number of carbonyl (C=O) groups is 4. The van der Waals surface area contributed by atoms with Crippen LogP contribution in [-0.4, -0.2) is 110 Å². The van der Waals surface area contributed by atoms with Gasteiger partial charge < -0.3 is 46.5 Å². The summed E-state index contributed by atoms with van der Waals surface area (Å²) in [4.78, 5) is 59.1. The number of hydrogen-bond donors (Lipinski definition) is 5. The standard InChI is InChI=1S/C38H61BN8O6/c1-24(35(51)47-20-10-12-31(47)39-52-30-22-27-21-29(37(27,2)3)38(30,4)53-39)45-33(49)26-16-14-25(15-17-26)23-44-32(48)13-7-8-18-42-34(50)28(40)11-9-19-43-36(41)46(5)6/h14-17,24,27-31H,7-13,18-23,40H2,1-6H3,(H2,41,43)(H,42,50)(H,44,48)(H,45,49)/t24-,27+,28+,29+,30?,31+,38+/m1/s1. The van der Waals surface area contributed by atoms with Crippen LogP contribution in [0.25, 0.3) is 0 Å². The highest BCUT2D eigenvalue weighted by Crippen LogP contribution is 2.66. The van der Waals surface area contributed by atoms with Crippen molar-refractivity contribution >= 4 is 36.7 Å². The highest BCUT2D eigenvalue weighted by molar-refractivity contribution is 6.48. The Labute approximate surface area is 315 Å². The van der Waals surface area contributed by atoms with Gasteiger partial charge in [-0.1, -0.05) is 26.0 Å². The summed E-state index contributed by atoms with van der Waals surface area (Å²) in [6.45, 7) is 10.5. The van der Waals surface area contributed by atoms with Gasteiger partial charge in [0.25, 0.3) is 5.91 Å². The Morgan fingerprint density at radius 3 is 2.51 bits per heavy atom. The van der Waals surface area contributed by atoms with Crippen molar-refractivity contribution in [2.75, 3.05) is 33.7 Å². The second-order valence-electron chi connectivity index (χ2n) is 16.4. The Hall–Kier alpha value is -3.69. The normalized spacial score (nSPS) is 27.0. The topological polar surface area (TPSA) is 194 Å². The average Bonchev–Trinajstić information content (AvgIpc) is 3.76. The van der Waals surface area contributed by atoms with Crippen molar-refractivity contribution in [2.45, 2.75) is 122 Å². The first-order chi connectivity index (χ1) is 25.1. The number of amides is 4. The molecule has 6 rings (SSSR count). The van der Waals surface area contributed by atoms with Crippen LogP contribution < -0.4 is 27.4 Å². The number of carbonyl (C=O) groups excluding carboxylic acids is 4. The molecular formula is C38H61BN8O6. The fourth-order valence-corrected chi connectivity index (χ4v) is 8.60. The van der Waals surface area contributed by atoms with Gasteiger partial charge in [-0.05, 0) is 100 Å². The van der Waals surface area contributed by atoms with Crippen molar-refractivity contribution in [1.29, 1.82) is 0 Å². The molecule has 2 saturated heterocycles. The Morgan fingerprint density at radius 1 is 1.08 bits per heavy atom. The Balaban J connectivity index is 0.972. The minimum atomic E-state index is -0.711. The summed E-state index contributed by atoms with van der Waals surface area (Å²) in [5.41, 5.74) is 12.9. The van der Waals surface area contributed by atoms with Gasteiger partial charge in [-0.3, -0.25) is 24.2 Å². The second-order valence-corrected chi connectivity index (χ2v) is 16.4. The number of nitrogens with two attached hydrogens (primary N) is 2. The van der Waals surface area contributed by atoms with E-state index in [-0.39, 0.29) is 46.7 Å². The molecule has 15 heteroatoms. The summed E-state index contributed by atoms with van der Waals surface area (Å²) < 4.78 is 13.2. The number of rotatable bonds is 16. The molecule has 7 N–H and O–H groups in total. The molecule has 53 heavy (non-hydrogen) atoms. The van der Waals surface area contributed by atoms with E-state index < -0.39 is 19.2 Å². The third-order valence-corrected chi connectivity index (χ3v) is 12.2. The maximum atomic E-state index is 13.6. The third-order valence-electron chi connectivity index (χ3n) is 12.2. The highest BCUT2D eigenvalue weighted by atomic mass is 16.7. The lowest BCUT2D eigenvalue weighted by Gasteiger charge is -2.64. The molecule has 1 aromatic rings. The van der Waals surface area contributed by atoms with Crippen LogP contribution >= 0.6 is 0 Å². The van der Waals surface area contributed by atoms with Crippen molar-refractivity contribution in [3.8, 4) is 0 Å². The molecule has 292 valence electrons. The summed E-state index contributed by atoms with van der Waals surface area (Å²) in [6, 6.07) is 5.65. The summed E-state index contributed by atoms with van der Waals surface area (Å²) in [5, 5.41) is 8.61. The van der Waals surface area contributed by atoms with Gasteiger partial charge in [0.15, 0.2) is 5.96 Å². The number of nitrogens with one attached hydrogen (secondary N) is 3. The fraction of sp³-hybridized carbons (Fsp3) is 0.711. The molecule has 3 saturated carbocycles. The van der Waals surface area contributed by atoms with Gasteiger partial charge in [0.2, 0.25) is 17.7 Å². The van der Waals surface area contributed by atoms with Crippen molar-refractivity contribution in [1.82, 2.24) is 25.8 Å². The molecule has 2 bridgehead atoms. The molecule has 4 amide bonds. The Kier molecular flexibility index (Phi) is 13.1. The van der Waals surface area contributed by atoms with Gasteiger partial charge in [-0.25, -0.2) is 0 Å². The number of guanidine groups is 1. The minimum Gasteiger partial charge on any atom is -0.404 e. The zero-order valence-electron chi connectivity index (χ0n) is 32.5. The van der Waals surface area contributed by atoms with E-state index in [1.165, 1.54) is 6.42 Å². The lowest BCUT2D eigenvalue weighted by atomic mass is 9.43. The van der Waals surface area contributed by atoms with E-state index in [1.54, 1.807) is 36.1 Å². The minimum absolute atomic E-state index is 0.0584. The molecule has 0 aromatic heterocycles. The smallest absolute Gasteiger partial charge is 0.404 e. The largest absolute Gasteiger partial charge is 0.481 e. The zero-order chi connectivity index (χ0) is 38.5. The van der Waals surface area contributed by atoms with E-state index in [0.717, 1.165) is 24.8 Å². The van der Waals surface area contributed by atoms with E-state index in [9.17, 15) is 19.2 Å². The van der Waals surface area contributed by atoms with E-state index >= 15 is 0 Å². The maximum Gasteiger partial charge on any atom is 0.481 e. The van der Waals surface area contributed by atoms with Gasteiger partial charge in [-0.2, -0.15) is 0 Å². The maximum absolute atomic E-state index is 13.6. The summed E-state index contributed by atoms with van der Waals surface area (Å²) in [5.74, 6) is 0.605. The van der Waals surface area contributed by atoms with Crippen molar-refractivity contribution in [2.24, 2.45) is 33.7 Å². The van der Waals surface area contributed by atoms with Crippen molar-refractivity contribution in [3.63, 3.8) is 0 Å². The molecule has 5 aliphatic rings. The molecule has 7 atom stereocenters. The van der Waals surface area contributed by atoms with Crippen molar-refractivity contribution in [3.05, 3.63) is 35.4 Å². The molecule has 0 spiro atoms. The molecule has 2 heterocycles. The van der Waals surface area contributed by atoms with Crippen LogP contribution in [0, 0.1) is 17.3 Å². The molecule has 1 aromatic carbocycles. The number of aliphatic imine (C=N–C) groups is 1. The Bertz CT molecular complexity index is 1510. The van der Waals surface area contributed by atoms with Gasteiger partial charge in [-0.15, -0.1) is 0 Å². The molecule has 0 radical (unpaired) electrons. The molecule has 2 aliphatic heterocycles. The lowest BCUT2D eigenvalue weighted by Crippen LogP contribution is -2.65. The SMILES string of the molecule is C[C@@H](NC(=O)c1ccc(CNC(=O)CCCCNC(=O)[C@@H](N)CCCN=C(N)N(C)C)cc1)C(=O)N1CCC[C@H]1B1OC2C[C@@H]3C[C@@H](C3(C)C)[C@]2(C)O1. The van der Waals surface area contributed by atoms with Crippen LogP contribution in [0.4, 0.5) is 0 Å². The number of nitrogens with zero attached hydrogens (tertiary/aromatic N) is 3. The van der Waals surface area contributed by atoms with Crippen molar-refractivity contribution < 1.29 is 28.5 Å². The summed E-state index contributed by atoms with van der Waals surface area (Å²) in [6.07, 6.45) is 6.69. The highest BCUT2D eigenvalue weighted by Gasteiger charge is 2.69. The van der Waals surface area contributed by atoms with Gasteiger partial charge in [0.1, 0.15) is 6.04 Å². The molecule has 3 aliphatic carbocycles. The number of hydrogen-bond acceptors (Lipinski definition) is 8. The summed E-state index contributed by atoms with van der Waals surface area (Å²) >= 11 is 0. The lowest BCUT2D eigenvalue weighted by molar-refractivity contribution is -0.199. The second kappa shape index (κ2) is 17.2. The van der Waals surface area contributed by atoms with Crippen LogP contribution in [0.5, 0.6) is 0 Å².